The predicted molar refractivity (Wildman–Crippen MR) is 76.9 cm³/mol. The number of halogens is 1. The first kappa shape index (κ1) is 13.8. The lowest BCUT2D eigenvalue weighted by atomic mass is 10.3. The number of hydrogen-bond acceptors (Lipinski definition) is 3. The third-order valence-corrected chi connectivity index (χ3v) is 3.72. The monoisotopic (exact) mass is 288 g/mol. The van der Waals surface area contributed by atoms with Crippen LogP contribution in [-0.2, 0) is 0 Å². The maximum atomic E-state index is 12.9. The van der Waals surface area contributed by atoms with Gasteiger partial charge in [-0.3, -0.25) is 4.79 Å². The highest BCUT2D eigenvalue weighted by Gasteiger charge is 2.22. The molecule has 2 aromatic rings. The molecule has 1 amide bonds. The van der Waals surface area contributed by atoms with Crippen molar-refractivity contribution in [2.24, 2.45) is 0 Å². The van der Waals surface area contributed by atoms with Crippen LogP contribution in [0.5, 0.6) is 0 Å². The fourth-order valence-corrected chi connectivity index (χ4v) is 2.36. The third-order valence-electron chi connectivity index (χ3n) is 3.72. The van der Waals surface area contributed by atoms with Gasteiger partial charge < -0.3 is 14.4 Å². The smallest absolute Gasteiger partial charge is 0.274 e. The Bertz CT molecular complexity index is 629. The minimum Gasteiger partial charge on any atom is -0.335 e. The summed E-state index contributed by atoms with van der Waals surface area (Å²) in [5.74, 6) is -0.337. The number of carbonyl (C=O) groups excluding carboxylic acids is 1. The summed E-state index contributed by atoms with van der Waals surface area (Å²) in [6.07, 6.45) is 3.27. The number of likely N-dealkylation sites (N-methyl/N-ethyl adjacent to an activating group) is 1. The van der Waals surface area contributed by atoms with Crippen LogP contribution in [0.15, 0.2) is 36.8 Å². The highest BCUT2D eigenvalue weighted by Crippen LogP contribution is 2.12. The number of rotatable bonds is 2. The van der Waals surface area contributed by atoms with Crippen LogP contribution in [0, 0.1) is 5.82 Å². The molecular weight excluding hydrogens is 271 g/mol. The first-order valence-electron chi connectivity index (χ1n) is 6.91. The van der Waals surface area contributed by atoms with Gasteiger partial charge in [-0.15, -0.1) is 0 Å². The zero-order valence-corrected chi connectivity index (χ0v) is 11.9. The Kier molecular flexibility index (Phi) is 3.70. The molecule has 1 aromatic heterocycles. The number of nitrogens with zero attached hydrogens (tertiary/aromatic N) is 4. The molecule has 0 atom stereocenters. The summed E-state index contributed by atoms with van der Waals surface area (Å²) in [4.78, 5) is 20.6. The summed E-state index contributed by atoms with van der Waals surface area (Å²) in [5.41, 5.74) is 1.20. The highest BCUT2D eigenvalue weighted by molar-refractivity contribution is 5.92. The van der Waals surface area contributed by atoms with Gasteiger partial charge in [0.05, 0.1) is 0 Å². The van der Waals surface area contributed by atoms with Crippen LogP contribution in [-0.4, -0.2) is 58.5 Å². The first-order valence-corrected chi connectivity index (χ1v) is 6.91. The van der Waals surface area contributed by atoms with Gasteiger partial charge in [0.1, 0.15) is 17.8 Å². The van der Waals surface area contributed by atoms with E-state index in [1.807, 2.05) is 11.9 Å². The molecular formula is C15H17FN4O. The van der Waals surface area contributed by atoms with E-state index in [0.29, 0.717) is 5.69 Å². The van der Waals surface area contributed by atoms with Crippen molar-refractivity contribution in [3.63, 3.8) is 0 Å². The van der Waals surface area contributed by atoms with Gasteiger partial charge in [0.25, 0.3) is 5.91 Å². The Labute approximate surface area is 122 Å². The van der Waals surface area contributed by atoms with Crippen LogP contribution in [0.3, 0.4) is 0 Å². The fourth-order valence-electron chi connectivity index (χ4n) is 2.36. The van der Waals surface area contributed by atoms with E-state index in [0.717, 1.165) is 31.9 Å². The highest BCUT2D eigenvalue weighted by atomic mass is 19.1. The number of hydrogen-bond donors (Lipinski definition) is 0. The quantitative estimate of drug-likeness (QED) is 0.839. The van der Waals surface area contributed by atoms with Crippen molar-refractivity contribution in [3.8, 4) is 5.69 Å². The summed E-state index contributed by atoms with van der Waals surface area (Å²) in [6, 6.07) is 6.08. The predicted octanol–water partition coefficient (Wildman–Crippen LogP) is 1.40. The summed E-state index contributed by atoms with van der Waals surface area (Å²) >= 11 is 0. The molecule has 2 heterocycles. The van der Waals surface area contributed by atoms with E-state index >= 15 is 0 Å². The van der Waals surface area contributed by atoms with Crippen molar-refractivity contribution in [2.45, 2.75) is 0 Å². The van der Waals surface area contributed by atoms with E-state index in [2.05, 4.69) is 9.88 Å². The zero-order valence-electron chi connectivity index (χ0n) is 11.9. The minimum absolute atomic E-state index is 0.0519. The average Bonchev–Trinajstić information content (AvgIpc) is 2.98. The molecule has 1 fully saturated rings. The van der Waals surface area contributed by atoms with Gasteiger partial charge in [0.15, 0.2) is 0 Å². The molecule has 1 saturated heterocycles. The summed E-state index contributed by atoms with van der Waals surface area (Å²) in [6.45, 7) is 3.20. The van der Waals surface area contributed by atoms with Gasteiger partial charge in [0.2, 0.25) is 0 Å². The van der Waals surface area contributed by atoms with Gasteiger partial charge in [-0.1, -0.05) is 0 Å². The van der Waals surface area contributed by atoms with Crippen molar-refractivity contribution in [1.82, 2.24) is 19.4 Å². The van der Waals surface area contributed by atoms with Gasteiger partial charge in [0, 0.05) is 38.1 Å². The maximum absolute atomic E-state index is 12.9. The average molecular weight is 288 g/mol. The van der Waals surface area contributed by atoms with E-state index < -0.39 is 0 Å². The normalized spacial score (nSPS) is 16.2. The molecule has 0 N–H and O–H groups in total. The Balaban J connectivity index is 1.75. The number of carbonyl (C=O) groups is 1. The summed E-state index contributed by atoms with van der Waals surface area (Å²) in [5, 5.41) is 0. The fraction of sp³-hybridized carbons (Fsp3) is 0.333. The third kappa shape index (κ3) is 2.95. The molecule has 0 bridgehead atoms. The standard InChI is InChI=1S/C15H17FN4O/c1-18-6-8-19(9-7-18)15(21)14-10-20(11-17-14)13-4-2-12(16)3-5-13/h2-5,10-11H,6-9H2,1H3. The van der Waals surface area contributed by atoms with E-state index in [9.17, 15) is 9.18 Å². The van der Waals surface area contributed by atoms with E-state index in [4.69, 9.17) is 0 Å². The number of piperazine rings is 1. The van der Waals surface area contributed by atoms with E-state index in [-0.39, 0.29) is 11.7 Å². The van der Waals surface area contributed by atoms with Crippen molar-refractivity contribution in [2.75, 3.05) is 33.2 Å². The van der Waals surface area contributed by atoms with Crippen molar-refractivity contribution >= 4 is 5.91 Å². The zero-order chi connectivity index (χ0) is 14.8. The number of benzene rings is 1. The second-order valence-corrected chi connectivity index (χ2v) is 5.24. The van der Waals surface area contributed by atoms with Crippen LogP contribution in [0.1, 0.15) is 10.5 Å². The van der Waals surface area contributed by atoms with Crippen LogP contribution in [0.25, 0.3) is 5.69 Å². The second-order valence-electron chi connectivity index (χ2n) is 5.24. The lowest BCUT2D eigenvalue weighted by Crippen LogP contribution is -2.47. The molecule has 0 unspecified atom stereocenters. The topological polar surface area (TPSA) is 41.4 Å². The lowest BCUT2D eigenvalue weighted by molar-refractivity contribution is 0.0658. The Morgan fingerprint density at radius 1 is 1.14 bits per heavy atom. The SMILES string of the molecule is CN1CCN(C(=O)c2cn(-c3ccc(F)cc3)cn2)CC1. The van der Waals surface area contributed by atoms with Crippen LogP contribution < -0.4 is 0 Å². The van der Waals surface area contributed by atoms with Gasteiger partial charge >= 0.3 is 0 Å². The molecule has 0 spiro atoms. The van der Waals surface area contributed by atoms with Crippen LogP contribution >= 0.6 is 0 Å². The van der Waals surface area contributed by atoms with Gasteiger partial charge in [-0.25, -0.2) is 9.37 Å². The Morgan fingerprint density at radius 3 is 2.48 bits per heavy atom. The van der Waals surface area contributed by atoms with Crippen molar-refractivity contribution in [3.05, 3.63) is 48.3 Å². The number of aromatic nitrogens is 2. The summed E-state index contributed by atoms with van der Waals surface area (Å²) < 4.78 is 14.6. The molecule has 1 aromatic carbocycles. The van der Waals surface area contributed by atoms with Crippen molar-refractivity contribution < 1.29 is 9.18 Å². The second kappa shape index (κ2) is 5.65. The molecule has 1 aliphatic heterocycles. The molecule has 0 radical (unpaired) electrons. The van der Waals surface area contributed by atoms with Crippen molar-refractivity contribution in [1.29, 1.82) is 0 Å². The Morgan fingerprint density at radius 2 is 1.81 bits per heavy atom. The molecule has 0 saturated carbocycles. The van der Waals surface area contributed by atoms with Gasteiger partial charge in [-0.2, -0.15) is 0 Å². The lowest BCUT2D eigenvalue weighted by Gasteiger charge is -2.31. The molecule has 5 nitrogen and oxygen atoms in total. The van der Waals surface area contributed by atoms with Crippen LogP contribution in [0.2, 0.25) is 0 Å². The molecule has 110 valence electrons. The van der Waals surface area contributed by atoms with E-state index in [1.54, 1.807) is 29.2 Å². The largest absolute Gasteiger partial charge is 0.335 e. The first-order chi connectivity index (χ1) is 10.1. The van der Waals surface area contributed by atoms with Crippen LogP contribution in [0.4, 0.5) is 4.39 Å². The number of imidazole rings is 1. The number of amides is 1. The molecule has 6 heteroatoms. The van der Waals surface area contributed by atoms with E-state index in [1.165, 1.54) is 12.1 Å². The van der Waals surface area contributed by atoms with Gasteiger partial charge in [-0.05, 0) is 31.3 Å². The minimum atomic E-state index is -0.285. The molecule has 0 aliphatic carbocycles. The maximum Gasteiger partial charge on any atom is 0.274 e. The Hall–Kier alpha value is -2.21. The molecule has 1 aliphatic rings. The summed E-state index contributed by atoms with van der Waals surface area (Å²) in [7, 11) is 2.05. The molecule has 3 rings (SSSR count). The molecule has 21 heavy (non-hydrogen) atoms.